The number of carbonyl (C=O) groups is 1. The highest BCUT2D eigenvalue weighted by Crippen LogP contribution is 2.32. The van der Waals surface area contributed by atoms with E-state index in [4.69, 9.17) is 4.74 Å². The zero-order valence-corrected chi connectivity index (χ0v) is 11.5. The van der Waals surface area contributed by atoms with Crippen LogP contribution in [-0.2, 0) is 9.53 Å². The second-order valence-corrected chi connectivity index (χ2v) is 5.43. The Labute approximate surface area is 110 Å². The van der Waals surface area contributed by atoms with Gasteiger partial charge in [-0.05, 0) is 18.9 Å². The van der Waals surface area contributed by atoms with Crippen molar-refractivity contribution in [3.8, 4) is 0 Å². The Morgan fingerprint density at radius 1 is 1.50 bits per heavy atom. The number of pyridine rings is 1. The summed E-state index contributed by atoms with van der Waals surface area (Å²) in [5.41, 5.74) is 0.840. The van der Waals surface area contributed by atoms with Gasteiger partial charge in [0, 0.05) is 6.20 Å². The van der Waals surface area contributed by atoms with E-state index in [-0.39, 0.29) is 17.8 Å². The van der Waals surface area contributed by atoms with Crippen molar-refractivity contribution < 1.29 is 9.53 Å². The molecule has 0 fully saturated rings. The van der Waals surface area contributed by atoms with Gasteiger partial charge < -0.3 is 4.74 Å². The molecule has 0 aliphatic rings. The molecule has 0 saturated carbocycles. The first kappa shape index (κ1) is 13.0. The Bertz CT molecular complexity index is 518. The van der Waals surface area contributed by atoms with Crippen LogP contribution < -0.4 is 0 Å². The van der Waals surface area contributed by atoms with E-state index in [1.165, 1.54) is 11.3 Å². The largest absolute Gasteiger partial charge is 0.465 e. The van der Waals surface area contributed by atoms with Gasteiger partial charge in [0.25, 0.3) is 0 Å². The molecule has 0 radical (unpaired) electrons. The maximum Gasteiger partial charge on any atom is 0.316 e. The molecule has 2 heterocycles. The summed E-state index contributed by atoms with van der Waals surface area (Å²) in [7, 11) is 0. The van der Waals surface area contributed by atoms with Gasteiger partial charge in [-0.15, -0.1) is 11.3 Å². The van der Waals surface area contributed by atoms with Crippen molar-refractivity contribution in [1.29, 1.82) is 0 Å². The Balaban J connectivity index is 2.38. The summed E-state index contributed by atoms with van der Waals surface area (Å²) in [4.78, 5) is 20.5. The number of nitrogens with zero attached hydrogens (tertiary/aromatic N) is 2. The minimum absolute atomic E-state index is 0.164. The number of thiazole rings is 1. The molecule has 0 aromatic carbocycles. The number of aromatic nitrogens is 2. The number of hydrogen-bond donors (Lipinski definition) is 0. The quantitative estimate of drug-likeness (QED) is 0.797. The third-order valence-corrected chi connectivity index (χ3v) is 3.80. The van der Waals surface area contributed by atoms with Gasteiger partial charge in [0.2, 0.25) is 0 Å². The van der Waals surface area contributed by atoms with Crippen LogP contribution in [0.2, 0.25) is 0 Å². The van der Waals surface area contributed by atoms with Crippen LogP contribution in [0.25, 0.3) is 10.2 Å². The number of ether oxygens (including phenoxy) is 1. The molecule has 0 aliphatic heterocycles. The number of esters is 1. The van der Waals surface area contributed by atoms with Crippen LogP contribution in [0.5, 0.6) is 0 Å². The topological polar surface area (TPSA) is 52.1 Å². The number of hydrogen-bond acceptors (Lipinski definition) is 5. The molecule has 1 atom stereocenters. The fourth-order valence-electron chi connectivity index (χ4n) is 1.82. The highest BCUT2D eigenvalue weighted by atomic mass is 32.1. The Hall–Kier alpha value is -1.49. The monoisotopic (exact) mass is 264 g/mol. The van der Waals surface area contributed by atoms with Crippen LogP contribution in [0.15, 0.2) is 18.5 Å². The molecular formula is C13H16N2O2S. The molecule has 2 aromatic rings. The van der Waals surface area contributed by atoms with Crippen molar-refractivity contribution in [3.05, 3.63) is 23.5 Å². The molecule has 0 bridgehead atoms. The fraction of sp³-hybridized carbons (Fsp3) is 0.462. The summed E-state index contributed by atoms with van der Waals surface area (Å²) in [6, 6.07) is 1.92. The first-order valence-corrected chi connectivity index (χ1v) is 6.82. The smallest absolute Gasteiger partial charge is 0.316 e. The number of rotatable bonds is 4. The molecule has 2 aromatic heterocycles. The minimum Gasteiger partial charge on any atom is -0.465 e. The van der Waals surface area contributed by atoms with Crippen molar-refractivity contribution >= 4 is 27.5 Å². The second kappa shape index (κ2) is 5.44. The van der Waals surface area contributed by atoms with Crippen LogP contribution in [-0.4, -0.2) is 22.5 Å². The van der Waals surface area contributed by atoms with Crippen LogP contribution in [0.1, 0.15) is 31.7 Å². The molecule has 4 nitrogen and oxygen atoms in total. The molecule has 18 heavy (non-hydrogen) atoms. The predicted octanol–water partition coefficient (Wildman–Crippen LogP) is 2.99. The van der Waals surface area contributed by atoms with E-state index in [0.29, 0.717) is 6.61 Å². The van der Waals surface area contributed by atoms with Crippen LogP contribution in [0, 0.1) is 5.92 Å². The normalized spacial score (nSPS) is 12.9. The number of fused-ring (bicyclic) bond motifs is 1. The van der Waals surface area contributed by atoms with Crippen LogP contribution in [0.4, 0.5) is 0 Å². The first-order valence-electron chi connectivity index (χ1n) is 6.00. The maximum atomic E-state index is 12.0. The lowest BCUT2D eigenvalue weighted by atomic mass is 9.97. The van der Waals surface area contributed by atoms with E-state index in [0.717, 1.165) is 15.2 Å². The van der Waals surface area contributed by atoms with E-state index >= 15 is 0 Å². The van der Waals surface area contributed by atoms with Crippen LogP contribution in [0.3, 0.4) is 0 Å². The molecule has 0 spiro atoms. The van der Waals surface area contributed by atoms with Gasteiger partial charge in [-0.2, -0.15) is 0 Å². The zero-order chi connectivity index (χ0) is 13.1. The molecular weight excluding hydrogens is 248 g/mol. The molecule has 2 rings (SSSR count). The van der Waals surface area contributed by atoms with E-state index < -0.39 is 0 Å². The van der Waals surface area contributed by atoms with Crippen molar-refractivity contribution in [2.24, 2.45) is 5.92 Å². The predicted molar refractivity (Wildman–Crippen MR) is 71.6 cm³/mol. The van der Waals surface area contributed by atoms with E-state index in [1.54, 1.807) is 12.4 Å². The molecule has 5 heteroatoms. The summed E-state index contributed by atoms with van der Waals surface area (Å²) in [5.74, 6) is -0.320. The Morgan fingerprint density at radius 2 is 2.28 bits per heavy atom. The summed E-state index contributed by atoms with van der Waals surface area (Å²) in [6.45, 7) is 6.23. The van der Waals surface area contributed by atoms with Crippen molar-refractivity contribution in [1.82, 2.24) is 9.97 Å². The van der Waals surface area contributed by atoms with E-state index in [9.17, 15) is 4.79 Å². The third kappa shape index (κ3) is 2.51. The van der Waals surface area contributed by atoms with Crippen molar-refractivity contribution in [3.63, 3.8) is 0 Å². The summed E-state index contributed by atoms with van der Waals surface area (Å²) in [5, 5.41) is 0.812. The Kier molecular flexibility index (Phi) is 3.91. The molecule has 0 N–H and O–H groups in total. The van der Waals surface area contributed by atoms with Gasteiger partial charge in [0.1, 0.15) is 10.9 Å². The fourth-order valence-corrected chi connectivity index (χ4v) is 3.02. The highest BCUT2D eigenvalue weighted by Gasteiger charge is 2.28. The van der Waals surface area contributed by atoms with Gasteiger partial charge in [-0.1, -0.05) is 13.8 Å². The highest BCUT2D eigenvalue weighted by molar-refractivity contribution is 7.18. The van der Waals surface area contributed by atoms with Crippen molar-refractivity contribution in [2.75, 3.05) is 6.61 Å². The van der Waals surface area contributed by atoms with Crippen molar-refractivity contribution in [2.45, 2.75) is 26.7 Å². The molecule has 96 valence electrons. The zero-order valence-electron chi connectivity index (χ0n) is 10.7. The van der Waals surface area contributed by atoms with Gasteiger partial charge in [0.05, 0.1) is 23.0 Å². The standard InChI is InChI=1S/C13H16N2O2S/c1-4-17-13(16)11(8(2)3)12-15-9-7-14-6-5-10(9)18-12/h5-8,11H,4H2,1-3H3. The summed E-state index contributed by atoms with van der Waals surface area (Å²) < 4.78 is 6.18. The van der Waals surface area contributed by atoms with Crippen LogP contribution >= 0.6 is 11.3 Å². The molecule has 0 saturated heterocycles. The molecule has 0 amide bonds. The average Bonchev–Trinajstić information content (AvgIpc) is 2.71. The Morgan fingerprint density at radius 3 is 2.89 bits per heavy atom. The lowest BCUT2D eigenvalue weighted by molar-refractivity contribution is -0.146. The summed E-state index contributed by atoms with van der Waals surface area (Å²) >= 11 is 1.54. The molecule has 1 unspecified atom stereocenters. The lowest BCUT2D eigenvalue weighted by Gasteiger charge is -2.16. The minimum atomic E-state index is -0.289. The number of carbonyl (C=O) groups excluding carboxylic acids is 1. The van der Waals surface area contributed by atoms with Gasteiger partial charge in [-0.25, -0.2) is 4.98 Å². The van der Waals surface area contributed by atoms with E-state index in [1.807, 2.05) is 26.8 Å². The van der Waals surface area contributed by atoms with Gasteiger partial charge >= 0.3 is 5.97 Å². The van der Waals surface area contributed by atoms with Gasteiger partial charge in [0.15, 0.2) is 0 Å². The maximum absolute atomic E-state index is 12.0. The van der Waals surface area contributed by atoms with E-state index in [2.05, 4.69) is 9.97 Å². The molecule has 0 aliphatic carbocycles. The second-order valence-electron chi connectivity index (χ2n) is 4.37. The average molecular weight is 264 g/mol. The SMILES string of the molecule is CCOC(=O)C(c1nc2cnccc2s1)C(C)C. The van der Waals surface area contributed by atoms with Gasteiger partial charge in [-0.3, -0.25) is 9.78 Å². The lowest BCUT2D eigenvalue weighted by Crippen LogP contribution is -2.20. The first-order chi connectivity index (χ1) is 8.63. The summed E-state index contributed by atoms with van der Waals surface area (Å²) in [6.07, 6.45) is 3.46. The third-order valence-electron chi connectivity index (χ3n) is 2.68.